The van der Waals surface area contributed by atoms with Gasteiger partial charge in [-0.05, 0) is 66.8 Å². The van der Waals surface area contributed by atoms with Crippen LogP contribution in [0.3, 0.4) is 0 Å². The summed E-state index contributed by atoms with van der Waals surface area (Å²) in [6.45, 7) is 3.49. The number of halogens is 1. The molecule has 1 saturated heterocycles. The van der Waals surface area contributed by atoms with Gasteiger partial charge in [-0.3, -0.25) is 9.59 Å². The molecule has 0 aliphatic carbocycles. The Labute approximate surface area is 202 Å². The first-order valence-corrected chi connectivity index (χ1v) is 11.5. The standard InChI is InChI=1S/C25H29BrN2O5/c1-16-9-11-28(12-10-16)25(30)20(27-24(29)18-5-7-19(26)8-6-18)13-17-14-21(31-2)23(33-4)22(15-17)32-3/h5-8,13-16H,9-12H2,1-4H3,(H,27,29). The molecule has 176 valence electrons. The number of carbonyl (C=O) groups excluding carboxylic acids is 2. The van der Waals surface area contributed by atoms with Gasteiger partial charge in [0.15, 0.2) is 11.5 Å². The van der Waals surface area contributed by atoms with E-state index in [1.807, 2.05) is 0 Å². The SMILES string of the molecule is COc1cc(C=C(NC(=O)c2ccc(Br)cc2)C(=O)N2CCC(C)CC2)cc(OC)c1OC. The number of nitrogens with zero attached hydrogens (tertiary/aromatic N) is 1. The van der Waals surface area contributed by atoms with Crippen molar-refractivity contribution in [3.05, 3.63) is 57.7 Å². The fraction of sp³-hybridized carbons (Fsp3) is 0.360. The molecule has 0 spiro atoms. The normalized spacial score (nSPS) is 14.6. The first kappa shape index (κ1) is 24.6. The zero-order valence-corrected chi connectivity index (χ0v) is 20.9. The third kappa shape index (κ3) is 6.07. The number of hydrogen-bond acceptors (Lipinski definition) is 5. The summed E-state index contributed by atoms with van der Waals surface area (Å²) in [6.07, 6.45) is 3.51. The van der Waals surface area contributed by atoms with Crippen LogP contribution in [0.2, 0.25) is 0 Å². The molecule has 1 N–H and O–H groups in total. The number of methoxy groups -OCH3 is 3. The molecule has 7 nitrogen and oxygen atoms in total. The van der Waals surface area contributed by atoms with Crippen LogP contribution in [0.15, 0.2) is 46.6 Å². The summed E-state index contributed by atoms with van der Waals surface area (Å²) >= 11 is 3.37. The van der Waals surface area contributed by atoms with Gasteiger partial charge in [-0.15, -0.1) is 0 Å². The molecule has 33 heavy (non-hydrogen) atoms. The lowest BCUT2D eigenvalue weighted by Crippen LogP contribution is -2.42. The van der Waals surface area contributed by atoms with E-state index in [2.05, 4.69) is 28.2 Å². The summed E-state index contributed by atoms with van der Waals surface area (Å²) in [6, 6.07) is 10.4. The molecule has 3 rings (SSSR count). The van der Waals surface area contributed by atoms with Gasteiger partial charge >= 0.3 is 0 Å². The maximum Gasteiger partial charge on any atom is 0.270 e. The predicted molar refractivity (Wildman–Crippen MR) is 131 cm³/mol. The van der Waals surface area contributed by atoms with Crippen LogP contribution in [0.25, 0.3) is 6.08 Å². The van der Waals surface area contributed by atoms with Gasteiger partial charge in [0.25, 0.3) is 11.8 Å². The summed E-state index contributed by atoms with van der Waals surface area (Å²) in [4.78, 5) is 28.1. The average molecular weight is 517 g/mol. The molecule has 0 atom stereocenters. The lowest BCUT2D eigenvalue weighted by molar-refractivity contribution is -0.128. The molecule has 1 heterocycles. The summed E-state index contributed by atoms with van der Waals surface area (Å²) in [5.41, 5.74) is 1.27. The minimum atomic E-state index is -0.361. The van der Waals surface area contributed by atoms with Gasteiger partial charge in [0.05, 0.1) is 21.3 Å². The van der Waals surface area contributed by atoms with Crippen LogP contribution >= 0.6 is 15.9 Å². The summed E-state index contributed by atoms with van der Waals surface area (Å²) in [7, 11) is 4.59. The van der Waals surface area contributed by atoms with E-state index in [-0.39, 0.29) is 17.5 Å². The number of benzene rings is 2. The van der Waals surface area contributed by atoms with Gasteiger partial charge in [0, 0.05) is 23.1 Å². The maximum atomic E-state index is 13.4. The van der Waals surface area contributed by atoms with Crippen LogP contribution < -0.4 is 19.5 Å². The highest BCUT2D eigenvalue weighted by Crippen LogP contribution is 2.38. The molecule has 2 aromatic rings. The van der Waals surface area contributed by atoms with Crippen LogP contribution in [0, 0.1) is 5.92 Å². The van der Waals surface area contributed by atoms with Crippen molar-refractivity contribution in [2.45, 2.75) is 19.8 Å². The summed E-state index contributed by atoms with van der Waals surface area (Å²) < 4.78 is 17.1. The van der Waals surface area contributed by atoms with Crippen LogP contribution in [-0.4, -0.2) is 51.1 Å². The molecule has 0 bridgehead atoms. The van der Waals surface area contributed by atoms with Gasteiger partial charge in [-0.25, -0.2) is 0 Å². The van der Waals surface area contributed by atoms with E-state index >= 15 is 0 Å². The van der Waals surface area contributed by atoms with E-state index in [0.29, 0.717) is 47.4 Å². The highest BCUT2D eigenvalue weighted by Gasteiger charge is 2.25. The van der Waals surface area contributed by atoms with Crippen molar-refractivity contribution in [2.75, 3.05) is 34.4 Å². The van der Waals surface area contributed by atoms with Crippen molar-refractivity contribution >= 4 is 33.8 Å². The van der Waals surface area contributed by atoms with Gasteiger partial charge in [-0.1, -0.05) is 22.9 Å². The van der Waals surface area contributed by atoms with Crippen LogP contribution in [0.4, 0.5) is 0 Å². The van der Waals surface area contributed by atoms with E-state index in [0.717, 1.165) is 17.3 Å². The van der Waals surface area contributed by atoms with E-state index in [1.54, 1.807) is 47.4 Å². The molecular weight excluding hydrogens is 488 g/mol. The average Bonchev–Trinajstić information content (AvgIpc) is 2.83. The molecule has 0 aromatic heterocycles. The van der Waals surface area contributed by atoms with E-state index in [1.165, 1.54) is 21.3 Å². The third-order valence-corrected chi connectivity index (χ3v) is 6.18. The monoisotopic (exact) mass is 516 g/mol. The van der Waals surface area contributed by atoms with Crippen LogP contribution in [0.5, 0.6) is 17.2 Å². The number of nitrogens with one attached hydrogen (secondary N) is 1. The second-order valence-electron chi connectivity index (χ2n) is 7.95. The minimum Gasteiger partial charge on any atom is -0.493 e. The third-order valence-electron chi connectivity index (χ3n) is 5.65. The topological polar surface area (TPSA) is 77.1 Å². The summed E-state index contributed by atoms with van der Waals surface area (Å²) in [5.74, 6) is 1.37. The second-order valence-corrected chi connectivity index (χ2v) is 8.87. The Kier molecular flexibility index (Phi) is 8.38. The lowest BCUT2D eigenvalue weighted by Gasteiger charge is -2.31. The summed E-state index contributed by atoms with van der Waals surface area (Å²) in [5, 5.41) is 2.82. The van der Waals surface area contributed by atoms with Crippen molar-refractivity contribution < 1.29 is 23.8 Å². The van der Waals surface area contributed by atoms with Crippen molar-refractivity contribution in [1.82, 2.24) is 10.2 Å². The smallest absolute Gasteiger partial charge is 0.270 e. The fourth-order valence-corrected chi connectivity index (χ4v) is 3.94. The predicted octanol–water partition coefficient (Wildman–Crippen LogP) is 4.50. The molecule has 8 heteroatoms. The Bertz CT molecular complexity index is 1000. The first-order valence-electron chi connectivity index (χ1n) is 10.7. The van der Waals surface area contributed by atoms with Gasteiger partial charge < -0.3 is 24.4 Å². The van der Waals surface area contributed by atoms with Crippen molar-refractivity contribution in [2.24, 2.45) is 5.92 Å². The van der Waals surface area contributed by atoms with E-state index in [9.17, 15) is 9.59 Å². The van der Waals surface area contributed by atoms with Crippen molar-refractivity contribution in [3.63, 3.8) is 0 Å². The number of rotatable bonds is 7. The number of ether oxygens (including phenoxy) is 3. The van der Waals surface area contributed by atoms with Crippen molar-refractivity contribution in [3.8, 4) is 17.2 Å². The lowest BCUT2D eigenvalue weighted by atomic mass is 9.99. The number of hydrogen-bond donors (Lipinski definition) is 1. The molecular formula is C25H29BrN2O5. The second kappa shape index (κ2) is 11.2. The maximum absolute atomic E-state index is 13.4. The Morgan fingerprint density at radius 2 is 1.58 bits per heavy atom. The largest absolute Gasteiger partial charge is 0.493 e. The molecule has 0 radical (unpaired) electrons. The Hall–Kier alpha value is -3.00. The minimum absolute atomic E-state index is 0.187. The molecule has 1 aliphatic rings. The number of piperidine rings is 1. The zero-order valence-electron chi connectivity index (χ0n) is 19.3. The molecule has 1 fully saturated rings. The number of likely N-dealkylation sites (tertiary alicyclic amines) is 1. The molecule has 2 amide bonds. The highest BCUT2D eigenvalue weighted by molar-refractivity contribution is 9.10. The van der Waals surface area contributed by atoms with Gasteiger partial charge in [-0.2, -0.15) is 0 Å². The Morgan fingerprint density at radius 3 is 2.09 bits per heavy atom. The Balaban J connectivity index is 1.98. The zero-order chi connectivity index (χ0) is 24.0. The Morgan fingerprint density at radius 1 is 1.00 bits per heavy atom. The van der Waals surface area contributed by atoms with Gasteiger partial charge in [0.1, 0.15) is 5.70 Å². The molecule has 0 saturated carbocycles. The fourth-order valence-electron chi connectivity index (χ4n) is 3.68. The van der Waals surface area contributed by atoms with E-state index in [4.69, 9.17) is 14.2 Å². The quantitative estimate of drug-likeness (QED) is 0.548. The van der Waals surface area contributed by atoms with Crippen LogP contribution in [0.1, 0.15) is 35.7 Å². The number of carbonyl (C=O) groups is 2. The van der Waals surface area contributed by atoms with Crippen LogP contribution in [-0.2, 0) is 4.79 Å². The van der Waals surface area contributed by atoms with Gasteiger partial charge in [0.2, 0.25) is 5.75 Å². The molecule has 2 aromatic carbocycles. The number of amides is 2. The highest BCUT2D eigenvalue weighted by atomic mass is 79.9. The molecule has 1 aliphatic heterocycles. The van der Waals surface area contributed by atoms with Crippen molar-refractivity contribution in [1.29, 1.82) is 0 Å². The molecule has 0 unspecified atom stereocenters. The first-order chi connectivity index (χ1) is 15.9. The van der Waals surface area contributed by atoms with E-state index < -0.39 is 0 Å².